The zero-order chi connectivity index (χ0) is 21.5. The van der Waals surface area contributed by atoms with E-state index >= 15 is 0 Å². The van der Waals surface area contributed by atoms with Crippen LogP contribution >= 0.6 is 0 Å². The standard InChI is InChI=1S/C24H21N3O4/c1-2-29-19-14-12-18(13-15-19)25-22(28)16-30-21-11-7-6-10-20(21)24-27-26-23(31-24)17-8-4-3-5-9-17/h3-15H,2,16H2,1H3,(H,25,28). The molecule has 7 nitrogen and oxygen atoms in total. The van der Waals surface area contributed by atoms with Crippen LogP contribution in [0.15, 0.2) is 83.3 Å². The third-order valence-corrected chi connectivity index (χ3v) is 4.37. The Morgan fingerprint density at radius 2 is 1.58 bits per heavy atom. The number of nitrogens with one attached hydrogen (secondary N) is 1. The minimum atomic E-state index is -0.283. The number of aromatic nitrogens is 2. The van der Waals surface area contributed by atoms with Crippen LogP contribution in [0.4, 0.5) is 5.69 Å². The lowest BCUT2D eigenvalue weighted by atomic mass is 10.2. The third kappa shape index (κ3) is 5.08. The molecule has 0 aliphatic carbocycles. The molecule has 0 spiro atoms. The number of anilines is 1. The smallest absolute Gasteiger partial charge is 0.262 e. The minimum absolute atomic E-state index is 0.163. The summed E-state index contributed by atoms with van der Waals surface area (Å²) < 4.78 is 17.0. The fourth-order valence-corrected chi connectivity index (χ4v) is 2.94. The summed E-state index contributed by atoms with van der Waals surface area (Å²) >= 11 is 0. The quantitative estimate of drug-likeness (QED) is 0.444. The Morgan fingerprint density at radius 3 is 2.35 bits per heavy atom. The van der Waals surface area contributed by atoms with E-state index in [9.17, 15) is 4.79 Å². The molecule has 0 bridgehead atoms. The van der Waals surface area contributed by atoms with Crippen LogP contribution in [-0.4, -0.2) is 29.3 Å². The predicted octanol–water partition coefficient (Wildman–Crippen LogP) is 4.82. The van der Waals surface area contributed by atoms with Crippen LogP contribution in [0.2, 0.25) is 0 Å². The van der Waals surface area contributed by atoms with Crippen molar-refractivity contribution in [1.29, 1.82) is 0 Å². The molecule has 0 aliphatic rings. The molecule has 0 saturated carbocycles. The van der Waals surface area contributed by atoms with Gasteiger partial charge in [-0.2, -0.15) is 0 Å². The Hall–Kier alpha value is -4.13. The van der Waals surface area contributed by atoms with Crippen molar-refractivity contribution in [2.75, 3.05) is 18.5 Å². The molecule has 0 aliphatic heterocycles. The number of carbonyl (C=O) groups excluding carboxylic acids is 1. The van der Waals surface area contributed by atoms with Crippen molar-refractivity contribution in [3.8, 4) is 34.4 Å². The van der Waals surface area contributed by atoms with Gasteiger partial charge in [-0.25, -0.2) is 0 Å². The number of benzene rings is 3. The lowest BCUT2D eigenvalue weighted by Crippen LogP contribution is -2.20. The monoisotopic (exact) mass is 415 g/mol. The van der Waals surface area contributed by atoms with E-state index in [-0.39, 0.29) is 12.5 Å². The normalized spacial score (nSPS) is 10.5. The van der Waals surface area contributed by atoms with Crippen LogP contribution in [-0.2, 0) is 4.79 Å². The lowest BCUT2D eigenvalue weighted by molar-refractivity contribution is -0.118. The highest BCUT2D eigenvalue weighted by Crippen LogP contribution is 2.31. The summed E-state index contributed by atoms with van der Waals surface area (Å²) in [5.74, 6) is 1.68. The van der Waals surface area contributed by atoms with Crippen molar-refractivity contribution in [3.63, 3.8) is 0 Å². The van der Waals surface area contributed by atoms with Gasteiger partial charge in [-0.3, -0.25) is 4.79 Å². The van der Waals surface area contributed by atoms with Crippen LogP contribution in [0.1, 0.15) is 6.92 Å². The summed E-state index contributed by atoms with van der Waals surface area (Å²) in [6.07, 6.45) is 0. The summed E-state index contributed by atoms with van der Waals surface area (Å²) in [4.78, 5) is 12.3. The molecular weight excluding hydrogens is 394 g/mol. The molecule has 4 aromatic rings. The summed E-state index contributed by atoms with van der Waals surface area (Å²) in [7, 11) is 0. The zero-order valence-electron chi connectivity index (χ0n) is 16.9. The summed E-state index contributed by atoms with van der Waals surface area (Å²) in [5, 5.41) is 11.0. The van der Waals surface area contributed by atoms with Crippen molar-refractivity contribution in [2.24, 2.45) is 0 Å². The van der Waals surface area contributed by atoms with Crippen LogP contribution < -0.4 is 14.8 Å². The first-order valence-corrected chi connectivity index (χ1v) is 9.87. The maximum atomic E-state index is 12.3. The molecule has 0 atom stereocenters. The van der Waals surface area contributed by atoms with Gasteiger partial charge >= 0.3 is 0 Å². The number of amides is 1. The first kappa shape index (κ1) is 20.2. The van der Waals surface area contributed by atoms with E-state index in [0.29, 0.717) is 35.4 Å². The van der Waals surface area contributed by atoms with Gasteiger partial charge in [0.15, 0.2) is 6.61 Å². The van der Waals surface area contributed by atoms with Crippen molar-refractivity contribution < 1.29 is 18.7 Å². The van der Waals surface area contributed by atoms with E-state index in [2.05, 4.69) is 15.5 Å². The second-order valence-corrected chi connectivity index (χ2v) is 6.57. The van der Waals surface area contributed by atoms with E-state index in [4.69, 9.17) is 13.9 Å². The number of carbonyl (C=O) groups is 1. The Kier molecular flexibility index (Phi) is 6.23. The van der Waals surface area contributed by atoms with Crippen LogP contribution in [0.25, 0.3) is 22.9 Å². The molecule has 4 rings (SSSR count). The van der Waals surface area contributed by atoms with Gasteiger partial charge in [0.1, 0.15) is 11.5 Å². The van der Waals surface area contributed by atoms with Gasteiger partial charge in [0.05, 0.1) is 12.2 Å². The van der Waals surface area contributed by atoms with Crippen molar-refractivity contribution in [1.82, 2.24) is 10.2 Å². The Bertz CT molecular complexity index is 1140. The summed E-state index contributed by atoms with van der Waals surface area (Å²) in [6, 6.07) is 23.9. The molecule has 156 valence electrons. The van der Waals surface area contributed by atoms with Gasteiger partial charge in [-0.05, 0) is 55.5 Å². The Balaban J connectivity index is 1.42. The average molecular weight is 415 g/mol. The van der Waals surface area contributed by atoms with Crippen LogP contribution in [0, 0.1) is 0 Å². The largest absolute Gasteiger partial charge is 0.494 e. The molecule has 0 saturated heterocycles. The summed E-state index contributed by atoms with van der Waals surface area (Å²) in [6.45, 7) is 2.34. The molecular formula is C24H21N3O4. The SMILES string of the molecule is CCOc1ccc(NC(=O)COc2ccccc2-c2nnc(-c3ccccc3)o2)cc1. The van der Waals surface area contributed by atoms with Gasteiger partial charge in [-0.1, -0.05) is 30.3 Å². The Morgan fingerprint density at radius 1 is 0.871 bits per heavy atom. The fourth-order valence-electron chi connectivity index (χ4n) is 2.94. The molecule has 1 N–H and O–H groups in total. The second-order valence-electron chi connectivity index (χ2n) is 6.57. The number of nitrogens with zero attached hydrogens (tertiary/aromatic N) is 2. The molecule has 1 amide bonds. The third-order valence-electron chi connectivity index (χ3n) is 4.37. The lowest BCUT2D eigenvalue weighted by Gasteiger charge is -2.10. The first-order valence-electron chi connectivity index (χ1n) is 9.87. The molecule has 7 heteroatoms. The van der Waals surface area contributed by atoms with Crippen LogP contribution in [0.5, 0.6) is 11.5 Å². The number of hydrogen-bond acceptors (Lipinski definition) is 6. The fraction of sp³-hybridized carbons (Fsp3) is 0.125. The van der Waals surface area contributed by atoms with E-state index in [1.165, 1.54) is 0 Å². The maximum absolute atomic E-state index is 12.3. The number of rotatable bonds is 8. The molecule has 31 heavy (non-hydrogen) atoms. The molecule has 0 fully saturated rings. The highest BCUT2D eigenvalue weighted by molar-refractivity contribution is 5.92. The summed E-state index contributed by atoms with van der Waals surface area (Å²) in [5.41, 5.74) is 2.11. The Labute approximate surface area is 179 Å². The molecule has 0 radical (unpaired) electrons. The molecule has 1 aromatic heterocycles. The van der Waals surface area contributed by atoms with Gasteiger partial charge in [0, 0.05) is 11.3 Å². The highest BCUT2D eigenvalue weighted by Gasteiger charge is 2.15. The highest BCUT2D eigenvalue weighted by atomic mass is 16.5. The maximum Gasteiger partial charge on any atom is 0.262 e. The number of ether oxygens (including phenoxy) is 2. The topological polar surface area (TPSA) is 86.5 Å². The van der Waals surface area contributed by atoms with Crippen molar-refractivity contribution >= 4 is 11.6 Å². The molecule has 1 heterocycles. The van der Waals surface area contributed by atoms with E-state index in [1.54, 1.807) is 30.3 Å². The average Bonchev–Trinajstić information content (AvgIpc) is 3.30. The van der Waals surface area contributed by atoms with Crippen LogP contribution in [0.3, 0.4) is 0 Å². The minimum Gasteiger partial charge on any atom is -0.494 e. The van der Waals surface area contributed by atoms with Gasteiger partial charge in [-0.15, -0.1) is 10.2 Å². The molecule has 0 unspecified atom stereocenters. The predicted molar refractivity (Wildman–Crippen MR) is 117 cm³/mol. The first-order chi connectivity index (χ1) is 15.2. The van der Waals surface area contributed by atoms with Gasteiger partial charge in [0.25, 0.3) is 11.8 Å². The number of para-hydroxylation sites is 1. The van der Waals surface area contributed by atoms with E-state index in [0.717, 1.165) is 11.3 Å². The van der Waals surface area contributed by atoms with Crippen molar-refractivity contribution in [2.45, 2.75) is 6.92 Å². The second kappa shape index (κ2) is 9.58. The zero-order valence-corrected chi connectivity index (χ0v) is 16.9. The van der Waals surface area contributed by atoms with Gasteiger partial charge < -0.3 is 19.2 Å². The number of hydrogen-bond donors (Lipinski definition) is 1. The van der Waals surface area contributed by atoms with E-state index in [1.807, 2.05) is 55.5 Å². The van der Waals surface area contributed by atoms with Crippen molar-refractivity contribution in [3.05, 3.63) is 78.9 Å². The van der Waals surface area contributed by atoms with E-state index < -0.39 is 0 Å². The molecule has 3 aromatic carbocycles. The van der Waals surface area contributed by atoms with Gasteiger partial charge in [0.2, 0.25) is 5.89 Å².